The van der Waals surface area contributed by atoms with Crippen LogP contribution in [0.15, 0.2) is 40.7 Å². The molecule has 0 saturated heterocycles. The molecule has 4 aromatic rings. The van der Waals surface area contributed by atoms with E-state index in [1.165, 1.54) is 56.6 Å². The van der Waals surface area contributed by atoms with Crippen molar-refractivity contribution in [3.8, 4) is 51.4 Å². The van der Waals surface area contributed by atoms with E-state index in [1.54, 1.807) is 7.11 Å². The van der Waals surface area contributed by atoms with Crippen LogP contribution in [0.4, 0.5) is 5.13 Å². The van der Waals surface area contributed by atoms with Crippen molar-refractivity contribution in [3.05, 3.63) is 53.1 Å². The predicted molar refractivity (Wildman–Crippen MR) is 159 cm³/mol. The van der Waals surface area contributed by atoms with E-state index >= 15 is 0 Å². The highest BCUT2D eigenvalue weighted by molar-refractivity contribution is 8.00. The van der Waals surface area contributed by atoms with Crippen LogP contribution in [0.2, 0.25) is 0 Å². The first-order valence-corrected chi connectivity index (χ1v) is 14.8. The van der Waals surface area contributed by atoms with Gasteiger partial charge in [0.2, 0.25) is 30.2 Å². The second-order valence-electron chi connectivity index (χ2n) is 9.09. The molecule has 0 bridgehead atoms. The van der Waals surface area contributed by atoms with Gasteiger partial charge in [-0.1, -0.05) is 35.2 Å². The van der Waals surface area contributed by atoms with Gasteiger partial charge in [-0.2, -0.15) is 0 Å². The molecule has 0 atom stereocenters. The van der Waals surface area contributed by atoms with Crippen molar-refractivity contribution in [1.82, 2.24) is 10.2 Å². The van der Waals surface area contributed by atoms with Crippen LogP contribution in [0.3, 0.4) is 0 Å². The minimum atomic E-state index is -0.700. The number of thioether (sulfide) groups is 1. The number of anilines is 1. The lowest BCUT2D eigenvalue weighted by Crippen LogP contribution is -2.15. The Morgan fingerprint density at radius 2 is 1.41 bits per heavy atom. The predicted octanol–water partition coefficient (Wildman–Crippen LogP) is 5.02. The molecule has 3 aromatic carbocycles. The summed E-state index contributed by atoms with van der Waals surface area (Å²) in [5.74, 6) is 1.52. The summed E-state index contributed by atoms with van der Waals surface area (Å²) in [6, 6.07) is 10.7. The van der Waals surface area contributed by atoms with Crippen molar-refractivity contribution >= 4 is 40.1 Å². The highest BCUT2D eigenvalue weighted by Crippen LogP contribution is 2.56. The van der Waals surface area contributed by atoms with E-state index in [4.69, 9.17) is 37.9 Å². The summed E-state index contributed by atoms with van der Waals surface area (Å²) in [5, 5.41) is 11.4. The van der Waals surface area contributed by atoms with E-state index in [9.17, 15) is 9.59 Å². The molecule has 0 radical (unpaired) electrons. The number of nitrogens with one attached hydrogen (secondary N) is 1. The lowest BCUT2D eigenvalue weighted by Gasteiger charge is -2.19. The zero-order chi connectivity index (χ0) is 30.8. The third kappa shape index (κ3) is 5.35. The Hall–Kier alpha value is -4.89. The molecule has 13 nitrogen and oxygen atoms in total. The Kier molecular flexibility index (Phi) is 8.21. The number of hydrogen-bond donors (Lipinski definition) is 1. The number of benzene rings is 3. The highest BCUT2D eigenvalue weighted by atomic mass is 32.2. The molecular formula is C29H25N3O10S2. The maximum atomic E-state index is 13.9. The third-order valence-electron chi connectivity index (χ3n) is 6.70. The van der Waals surface area contributed by atoms with E-state index in [0.717, 1.165) is 11.3 Å². The van der Waals surface area contributed by atoms with Crippen LogP contribution in [0.5, 0.6) is 40.2 Å². The maximum absolute atomic E-state index is 13.9. The molecule has 6 rings (SSSR count). The number of rotatable bonds is 10. The van der Waals surface area contributed by atoms with Gasteiger partial charge >= 0.3 is 5.97 Å². The van der Waals surface area contributed by atoms with E-state index in [2.05, 4.69) is 15.5 Å². The van der Waals surface area contributed by atoms with Crippen molar-refractivity contribution in [2.24, 2.45) is 0 Å². The van der Waals surface area contributed by atoms with Crippen molar-refractivity contribution in [2.75, 3.05) is 47.3 Å². The molecule has 0 spiro atoms. The molecule has 2 aliphatic rings. The minimum absolute atomic E-state index is 0.0543. The normalized spacial score (nSPS) is 12.5. The fourth-order valence-corrected chi connectivity index (χ4v) is 6.38. The van der Waals surface area contributed by atoms with Gasteiger partial charge in [0.05, 0.1) is 39.6 Å². The fraction of sp³-hybridized carbons (Fsp3) is 0.241. The van der Waals surface area contributed by atoms with Gasteiger partial charge < -0.3 is 37.9 Å². The van der Waals surface area contributed by atoms with Crippen LogP contribution in [0.1, 0.15) is 26.3 Å². The lowest BCUT2D eigenvalue weighted by molar-refractivity contribution is 0.0600. The number of esters is 1. The van der Waals surface area contributed by atoms with E-state index < -0.39 is 11.9 Å². The standard InChI is InChI=1S/C29H25N3O10S2/c1-35-15-7-5-14(6-8-15)11-43-29-32-31-28(44-29)30-26(33)16-9-18(36-2)22-24(41-12-39-22)20(16)21-17(27(34)38-4)10-19(37-3)23-25(21)42-13-40-23/h5-10H,11-13H2,1-4H3,(H,30,31,33). The fourth-order valence-electron chi connectivity index (χ4n) is 4.68. The van der Waals surface area contributed by atoms with Crippen LogP contribution in [0, 0.1) is 0 Å². The lowest BCUT2D eigenvalue weighted by atomic mass is 9.91. The zero-order valence-corrected chi connectivity index (χ0v) is 25.5. The average molecular weight is 640 g/mol. The van der Waals surface area contributed by atoms with Crippen LogP contribution in [-0.4, -0.2) is 64.1 Å². The molecule has 0 aliphatic carbocycles. The first kappa shape index (κ1) is 29.2. The summed E-state index contributed by atoms with van der Waals surface area (Å²) in [5.41, 5.74) is 1.63. The topological polar surface area (TPSA) is 146 Å². The second kappa shape index (κ2) is 12.4. The molecule has 0 unspecified atom stereocenters. The number of aromatic nitrogens is 2. The highest BCUT2D eigenvalue weighted by Gasteiger charge is 2.37. The first-order valence-electron chi connectivity index (χ1n) is 13.0. The van der Waals surface area contributed by atoms with Gasteiger partial charge in [-0.3, -0.25) is 10.1 Å². The number of hydrogen-bond acceptors (Lipinski definition) is 14. The molecule has 228 valence electrons. The van der Waals surface area contributed by atoms with Crippen molar-refractivity contribution in [2.45, 2.75) is 10.1 Å². The van der Waals surface area contributed by atoms with Crippen LogP contribution < -0.4 is 38.5 Å². The Balaban J connectivity index is 1.38. The summed E-state index contributed by atoms with van der Waals surface area (Å²) in [7, 11) is 5.74. The van der Waals surface area contributed by atoms with E-state index in [0.29, 0.717) is 10.1 Å². The van der Waals surface area contributed by atoms with E-state index in [-0.39, 0.29) is 75.5 Å². The molecule has 1 aromatic heterocycles. The SMILES string of the molecule is COC(=O)c1cc(OC)c2c(c1-c1c(C(=O)Nc3nnc(SCc4ccc(OC)cc4)s3)cc(OC)c3c1OCO3)OCO2. The van der Waals surface area contributed by atoms with Gasteiger partial charge in [0.25, 0.3) is 5.91 Å². The second-order valence-corrected chi connectivity index (χ2v) is 11.3. The Morgan fingerprint density at radius 1 is 0.818 bits per heavy atom. The van der Waals surface area contributed by atoms with Crippen molar-refractivity contribution in [1.29, 1.82) is 0 Å². The van der Waals surface area contributed by atoms with Gasteiger partial charge in [0.1, 0.15) is 5.75 Å². The molecule has 0 saturated carbocycles. The Labute approximate surface area is 259 Å². The minimum Gasteiger partial charge on any atom is -0.497 e. The largest absolute Gasteiger partial charge is 0.497 e. The monoisotopic (exact) mass is 639 g/mol. The maximum Gasteiger partial charge on any atom is 0.338 e. The smallest absolute Gasteiger partial charge is 0.338 e. The zero-order valence-electron chi connectivity index (χ0n) is 23.9. The van der Waals surface area contributed by atoms with Gasteiger partial charge in [-0.25, -0.2) is 4.79 Å². The molecule has 2 aliphatic heterocycles. The number of carbonyl (C=O) groups excluding carboxylic acids is 2. The molecule has 3 heterocycles. The molecule has 1 N–H and O–H groups in total. The van der Waals surface area contributed by atoms with Gasteiger partial charge in [-0.05, 0) is 29.8 Å². The molecule has 0 fully saturated rings. The Morgan fingerprint density at radius 3 is 2.00 bits per heavy atom. The summed E-state index contributed by atoms with van der Waals surface area (Å²) >= 11 is 2.70. The van der Waals surface area contributed by atoms with Crippen molar-refractivity contribution in [3.63, 3.8) is 0 Å². The first-order chi connectivity index (χ1) is 21.4. The summed E-state index contributed by atoms with van der Waals surface area (Å²) < 4.78 is 44.9. The molecule has 1 amide bonds. The van der Waals surface area contributed by atoms with Crippen LogP contribution >= 0.6 is 23.1 Å². The molecule has 44 heavy (non-hydrogen) atoms. The van der Waals surface area contributed by atoms with Crippen LogP contribution in [0.25, 0.3) is 11.1 Å². The summed E-state index contributed by atoms with van der Waals surface area (Å²) in [6.45, 7) is -0.277. The molecular weight excluding hydrogens is 614 g/mol. The van der Waals surface area contributed by atoms with Crippen LogP contribution in [-0.2, 0) is 10.5 Å². The summed E-state index contributed by atoms with van der Waals surface area (Å²) in [4.78, 5) is 27.0. The van der Waals surface area contributed by atoms with Gasteiger partial charge in [0.15, 0.2) is 27.3 Å². The number of ether oxygens (including phenoxy) is 8. The summed E-state index contributed by atoms with van der Waals surface area (Å²) in [6.07, 6.45) is 0. The Bertz CT molecular complexity index is 1740. The number of fused-ring (bicyclic) bond motifs is 2. The van der Waals surface area contributed by atoms with Gasteiger partial charge in [0, 0.05) is 16.9 Å². The molecule has 15 heteroatoms. The average Bonchev–Trinajstić information content (AvgIpc) is 3.84. The number of methoxy groups -OCH3 is 4. The number of amides is 1. The quantitative estimate of drug-likeness (QED) is 0.141. The van der Waals surface area contributed by atoms with Crippen molar-refractivity contribution < 1.29 is 47.5 Å². The van der Waals surface area contributed by atoms with Gasteiger partial charge in [-0.15, -0.1) is 10.2 Å². The third-order valence-corrected chi connectivity index (χ3v) is 8.75. The number of carbonyl (C=O) groups is 2. The van der Waals surface area contributed by atoms with E-state index in [1.807, 2.05) is 24.3 Å². The number of nitrogens with zero attached hydrogens (tertiary/aromatic N) is 2.